The van der Waals surface area contributed by atoms with E-state index in [1.807, 2.05) is 12.2 Å². The number of aliphatic imine (C=N–C) groups is 1. The molecule has 0 aromatic heterocycles. The summed E-state index contributed by atoms with van der Waals surface area (Å²) in [6.45, 7) is 3.25. The van der Waals surface area contributed by atoms with Crippen molar-refractivity contribution in [3.63, 3.8) is 0 Å². The van der Waals surface area contributed by atoms with Crippen molar-refractivity contribution in [2.24, 2.45) is 10.9 Å². The van der Waals surface area contributed by atoms with Crippen LogP contribution in [0.4, 0.5) is 0 Å². The van der Waals surface area contributed by atoms with Gasteiger partial charge in [-0.1, -0.05) is 6.08 Å². The zero-order chi connectivity index (χ0) is 13.1. The van der Waals surface area contributed by atoms with E-state index in [1.54, 1.807) is 0 Å². The van der Waals surface area contributed by atoms with Crippen LogP contribution in [0.15, 0.2) is 28.6 Å². The maximum atomic E-state index is 11.3. The zero-order valence-corrected chi connectivity index (χ0v) is 10.7. The monoisotopic (exact) mass is 266 g/mol. The van der Waals surface area contributed by atoms with E-state index in [0.29, 0.717) is 17.9 Å². The second-order valence-electron chi connectivity index (χ2n) is 4.23. The fraction of sp³-hybridized carbons (Fsp3) is 0.417. The lowest BCUT2D eigenvalue weighted by Gasteiger charge is -2.26. The average Bonchev–Trinajstić information content (AvgIpc) is 2.37. The van der Waals surface area contributed by atoms with Gasteiger partial charge >= 0.3 is 0 Å². The molecular weight excluding hydrogens is 252 g/mol. The van der Waals surface area contributed by atoms with Gasteiger partial charge in [-0.25, -0.2) is 4.99 Å². The van der Waals surface area contributed by atoms with Crippen molar-refractivity contribution in [3.8, 4) is 0 Å². The van der Waals surface area contributed by atoms with Gasteiger partial charge in [-0.15, -0.1) is 0 Å². The molecule has 0 spiro atoms. The minimum absolute atomic E-state index is 0.0574. The number of carbonyl (C=O) groups excluding carboxylic acids is 2. The lowest BCUT2D eigenvalue weighted by molar-refractivity contribution is -0.125. The normalized spacial score (nSPS) is 23.8. The highest BCUT2D eigenvalue weighted by Gasteiger charge is 2.25. The molecule has 2 rings (SSSR count). The summed E-state index contributed by atoms with van der Waals surface area (Å²) >= 11 is 4.20. The van der Waals surface area contributed by atoms with Gasteiger partial charge < -0.3 is 10.1 Å². The molecule has 0 aromatic carbocycles. The molecule has 0 aromatic rings. The van der Waals surface area contributed by atoms with Crippen molar-refractivity contribution in [2.75, 3.05) is 6.61 Å². The molecule has 0 saturated carbocycles. The summed E-state index contributed by atoms with van der Waals surface area (Å²) < 4.78 is 5.28. The number of morpholine rings is 1. The van der Waals surface area contributed by atoms with Crippen molar-refractivity contribution in [2.45, 2.75) is 18.1 Å². The second kappa shape index (κ2) is 5.39. The summed E-state index contributed by atoms with van der Waals surface area (Å²) in [6, 6.07) is 0. The molecule has 0 bridgehead atoms. The number of amides is 2. The molecule has 1 aliphatic carbocycles. The van der Waals surface area contributed by atoms with Gasteiger partial charge in [0, 0.05) is 0 Å². The number of fused-ring (bicyclic) bond motifs is 1. The Hall–Kier alpha value is -1.56. The van der Waals surface area contributed by atoms with Crippen LogP contribution in [0.5, 0.6) is 0 Å². The van der Waals surface area contributed by atoms with E-state index in [2.05, 4.69) is 29.7 Å². The van der Waals surface area contributed by atoms with E-state index in [1.165, 1.54) is 0 Å². The predicted octanol–water partition coefficient (Wildman–Crippen LogP) is 0.836. The molecule has 1 N–H and O–H groups in total. The minimum atomic E-state index is -0.459. The van der Waals surface area contributed by atoms with E-state index in [0.717, 1.165) is 6.42 Å². The standard InChI is InChI=1S/C12H14N2O3S/c1-13-12(16)10(18)5-7-2-3-9-8(4-7)14-11(15)6-17-9/h3-4,7,10,18H,1-2,5-6H2,(H,14,15). The van der Waals surface area contributed by atoms with Crippen molar-refractivity contribution in [1.29, 1.82) is 0 Å². The zero-order valence-electron chi connectivity index (χ0n) is 9.76. The molecule has 1 heterocycles. The SMILES string of the molecule is C=NC(=O)C(S)CC1C=C2NC(=O)COC2=CC1. The Labute approximate surface area is 110 Å². The summed E-state index contributed by atoms with van der Waals surface area (Å²) in [6.07, 6.45) is 5.15. The lowest BCUT2D eigenvalue weighted by Crippen LogP contribution is -2.35. The molecule has 1 fully saturated rings. The topological polar surface area (TPSA) is 67.8 Å². The first-order chi connectivity index (χ1) is 8.60. The fourth-order valence-corrected chi connectivity index (χ4v) is 2.33. The van der Waals surface area contributed by atoms with E-state index in [-0.39, 0.29) is 24.3 Å². The first-order valence-corrected chi connectivity index (χ1v) is 6.15. The number of rotatable bonds is 3. The third kappa shape index (κ3) is 2.81. The van der Waals surface area contributed by atoms with Gasteiger partial charge in [0.2, 0.25) is 0 Å². The molecule has 2 atom stereocenters. The maximum Gasteiger partial charge on any atom is 0.262 e. The summed E-state index contributed by atoms with van der Waals surface area (Å²) in [5.41, 5.74) is 0.682. The molecule has 1 saturated heterocycles. The number of thiol groups is 1. The molecule has 2 amide bonds. The van der Waals surface area contributed by atoms with Crippen molar-refractivity contribution in [3.05, 3.63) is 23.6 Å². The Kier molecular flexibility index (Phi) is 3.86. The molecule has 5 nitrogen and oxygen atoms in total. The number of nitrogens with zero attached hydrogens (tertiary/aromatic N) is 1. The quantitative estimate of drug-likeness (QED) is 0.587. The van der Waals surface area contributed by atoms with Crippen LogP contribution in [-0.2, 0) is 14.3 Å². The number of nitrogens with one attached hydrogen (secondary N) is 1. The molecule has 1 aliphatic heterocycles. The van der Waals surface area contributed by atoms with Crippen LogP contribution in [0.1, 0.15) is 12.8 Å². The molecule has 2 unspecified atom stereocenters. The number of hydrogen-bond acceptors (Lipinski definition) is 4. The van der Waals surface area contributed by atoms with E-state index >= 15 is 0 Å². The van der Waals surface area contributed by atoms with Gasteiger partial charge in [0.25, 0.3) is 11.8 Å². The van der Waals surface area contributed by atoms with E-state index in [9.17, 15) is 9.59 Å². The van der Waals surface area contributed by atoms with E-state index in [4.69, 9.17) is 4.74 Å². The number of hydrogen-bond donors (Lipinski definition) is 2. The van der Waals surface area contributed by atoms with Crippen molar-refractivity contribution >= 4 is 31.2 Å². The third-order valence-corrected chi connectivity index (χ3v) is 3.31. The van der Waals surface area contributed by atoms with Gasteiger partial charge in [-0.2, -0.15) is 12.6 Å². The fourth-order valence-electron chi connectivity index (χ4n) is 1.98. The predicted molar refractivity (Wildman–Crippen MR) is 70.3 cm³/mol. The van der Waals surface area contributed by atoms with Crippen LogP contribution in [0.25, 0.3) is 0 Å². The Morgan fingerprint density at radius 3 is 3.22 bits per heavy atom. The van der Waals surface area contributed by atoms with Crippen LogP contribution in [0, 0.1) is 5.92 Å². The first-order valence-electron chi connectivity index (χ1n) is 5.63. The Balaban J connectivity index is 2.01. The van der Waals surface area contributed by atoms with E-state index < -0.39 is 5.25 Å². The van der Waals surface area contributed by atoms with Crippen molar-refractivity contribution < 1.29 is 14.3 Å². The Bertz CT molecular complexity index is 456. The summed E-state index contributed by atoms with van der Waals surface area (Å²) in [7, 11) is 0. The smallest absolute Gasteiger partial charge is 0.262 e. The second-order valence-corrected chi connectivity index (χ2v) is 4.85. The molecule has 0 radical (unpaired) electrons. The van der Waals surface area contributed by atoms with Gasteiger partial charge in [0.1, 0.15) is 5.76 Å². The van der Waals surface area contributed by atoms with Crippen LogP contribution in [0.3, 0.4) is 0 Å². The van der Waals surface area contributed by atoms with Crippen molar-refractivity contribution in [1.82, 2.24) is 5.32 Å². The van der Waals surface area contributed by atoms with Gasteiger partial charge in [0.15, 0.2) is 6.61 Å². The van der Waals surface area contributed by atoms with Crippen LogP contribution < -0.4 is 5.32 Å². The first kappa shape index (κ1) is 12.9. The Morgan fingerprint density at radius 2 is 2.50 bits per heavy atom. The molecule has 2 aliphatic rings. The number of ether oxygens (including phenoxy) is 1. The summed E-state index contributed by atoms with van der Waals surface area (Å²) in [4.78, 5) is 25.8. The Morgan fingerprint density at radius 1 is 1.72 bits per heavy atom. The summed E-state index contributed by atoms with van der Waals surface area (Å²) in [5, 5.41) is 2.29. The van der Waals surface area contributed by atoms with Crippen LogP contribution in [0.2, 0.25) is 0 Å². The lowest BCUT2D eigenvalue weighted by atomic mass is 9.92. The number of carbonyl (C=O) groups is 2. The minimum Gasteiger partial charge on any atom is -0.482 e. The van der Waals surface area contributed by atoms with Gasteiger partial charge in [-0.05, 0) is 31.6 Å². The highest BCUT2D eigenvalue weighted by atomic mass is 32.1. The highest BCUT2D eigenvalue weighted by Crippen LogP contribution is 2.28. The highest BCUT2D eigenvalue weighted by molar-refractivity contribution is 7.81. The van der Waals surface area contributed by atoms with Crippen LogP contribution >= 0.6 is 12.6 Å². The maximum absolute atomic E-state index is 11.3. The molecule has 96 valence electrons. The number of allylic oxidation sites excluding steroid dienone is 2. The average molecular weight is 266 g/mol. The molecule has 18 heavy (non-hydrogen) atoms. The summed E-state index contributed by atoms with van der Waals surface area (Å²) in [5.74, 6) is 0.356. The van der Waals surface area contributed by atoms with Gasteiger partial charge in [-0.3, -0.25) is 9.59 Å². The molecular formula is C12H14N2O3S. The van der Waals surface area contributed by atoms with Gasteiger partial charge in [0.05, 0.1) is 10.9 Å². The third-order valence-electron chi connectivity index (χ3n) is 2.87. The molecule has 6 heteroatoms. The largest absolute Gasteiger partial charge is 0.482 e. The van der Waals surface area contributed by atoms with Crippen LogP contribution in [-0.4, -0.2) is 30.4 Å².